The zero-order valence-electron chi connectivity index (χ0n) is 10.8. The maximum atomic E-state index is 12.6. The van der Waals surface area contributed by atoms with Gasteiger partial charge in [-0.05, 0) is 23.6 Å². The molecule has 0 unspecified atom stereocenters. The Balaban J connectivity index is 1.90. The third kappa shape index (κ3) is 1.24. The minimum absolute atomic E-state index is 0.104. The maximum absolute atomic E-state index is 12.6. The van der Waals surface area contributed by atoms with Gasteiger partial charge in [-0.1, -0.05) is 48.5 Å². The SMILES string of the molecule is CN1C(=O)c2ccccc2[C@H]2C[C@]21c1ccccc1. The van der Waals surface area contributed by atoms with E-state index >= 15 is 0 Å². The van der Waals surface area contributed by atoms with Gasteiger partial charge < -0.3 is 4.90 Å². The second-order valence-corrected chi connectivity index (χ2v) is 5.50. The molecule has 4 rings (SSSR count). The van der Waals surface area contributed by atoms with Crippen molar-refractivity contribution in [1.82, 2.24) is 4.90 Å². The first-order chi connectivity index (χ1) is 9.25. The van der Waals surface area contributed by atoms with E-state index in [4.69, 9.17) is 0 Å². The number of hydrogen-bond acceptors (Lipinski definition) is 1. The summed E-state index contributed by atoms with van der Waals surface area (Å²) in [7, 11) is 1.94. The molecule has 0 aromatic heterocycles. The molecule has 1 aliphatic heterocycles. The van der Waals surface area contributed by atoms with Crippen molar-refractivity contribution in [3.05, 3.63) is 71.3 Å². The lowest BCUT2D eigenvalue weighted by molar-refractivity contribution is 0.0678. The van der Waals surface area contributed by atoms with Gasteiger partial charge in [-0.2, -0.15) is 0 Å². The number of likely N-dealkylation sites (N-methyl/N-ethyl adjacent to an activating group) is 1. The molecule has 2 aromatic carbocycles. The minimum Gasteiger partial charge on any atom is -0.331 e. The Morgan fingerprint density at radius 2 is 1.74 bits per heavy atom. The van der Waals surface area contributed by atoms with Crippen LogP contribution in [0, 0.1) is 0 Å². The maximum Gasteiger partial charge on any atom is 0.254 e. The third-order valence-electron chi connectivity index (χ3n) is 4.68. The predicted octanol–water partition coefficient (Wildman–Crippen LogP) is 3.16. The molecule has 2 aliphatic rings. The van der Waals surface area contributed by atoms with Crippen molar-refractivity contribution >= 4 is 5.91 Å². The Kier molecular flexibility index (Phi) is 1.97. The van der Waals surface area contributed by atoms with E-state index in [0.29, 0.717) is 5.92 Å². The van der Waals surface area contributed by atoms with Crippen LogP contribution in [0.15, 0.2) is 54.6 Å². The average Bonchev–Trinajstić information content (AvgIpc) is 3.23. The Morgan fingerprint density at radius 3 is 2.53 bits per heavy atom. The summed E-state index contributed by atoms with van der Waals surface area (Å²) >= 11 is 0. The summed E-state index contributed by atoms with van der Waals surface area (Å²) < 4.78 is 0. The highest BCUT2D eigenvalue weighted by Crippen LogP contribution is 2.64. The molecule has 19 heavy (non-hydrogen) atoms. The van der Waals surface area contributed by atoms with E-state index in [9.17, 15) is 4.79 Å². The number of fused-ring (bicyclic) bond motifs is 3. The van der Waals surface area contributed by atoms with Crippen molar-refractivity contribution in [2.24, 2.45) is 0 Å². The van der Waals surface area contributed by atoms with E-state index in [1.807, 2.05) is 36.2 Å². The van der Waals surface area contributed by atoms with Gasteiger partial charge in [-0.3, -0.25) is 4.79 Å². The van der Waals surface area contributed by atoms with Gasteiger partial charge in [0.15, 0.2) is 0 Å². The summed E-state index contributed by atoms with van der Waals surface area (Å²) in [6, 6.07) is 18.4. The van der Waals surface area contributed by atoms with Gasteiger partial charge in [-0.15, -0.1) is 0 Å². The molecule has 0 N–H and O–H groups in total. The molecule has 1 fully saturated rings. The van der Waals surface area contributed by atoms with Gasteiger partial charge in [0.1, 0.15) is 0 Å². The van der Waals surface area contributed by atoms with Crippen LogP contribution in [0.4, 0.5) is 0 Å². The molecule has 2 heteroatoms. The Bertz CT molecular complexity index is 664. The van der Waals surface area contributed by atoms with Crippen LogP contribution in [-0.2, 0) is 5.54 Å². The first kappa shape index (κ1) is 10.8. The third-order valence-corrected chi connectivity index (χ3v) is 4.68. The van der Waals surface area contributed by atoms with Crippen molar-refractivity contribution in [3.8, 4) is 0 Å². The highest BCUT2D eigenvalue weighted by molar-refractivity contribution is 5.99. The van der Waals surface area contributed by atoms with Gasteiger partial charge in [-0.25, -0.2) is 0 Å². The lowest BCUT2D eigenvalue weighted by Gasteiger charge is -2.34. The van der Waals surface area contributed by atoms with E-state index < -0.39 is 0 Å². The first-order valence-electron chi connectivity index (χ1n) is 6.68. The summed E-state index contributed by atoms with van der Waals surface area (Å²) in [4.78, 5) is 14.5. The van der Waals surface area contributed by atoms with Crippen LogP contribution in [0.25, 0.3) is 0 Å². The summed E-state index contributed by atoms with van der Waals surface area (Å²) in [5, 5.41) is 0. The molecule has 1 amide bonds. The highest BCUT2D eigenvalue weighted by Gasteiger charge is 2.63. The van der Waals surface area contributed by atoms with E-state index in [0.717, 1.165) is 12.0 Å². The summed E-state index contributed by atoms with van der Waals surface area (Å²) in [5.41, 5.74) is 3.24. The molecule has 0 radical (unpaired) electrons. The van der Waals surface area contributed by atoms with Crippen molar-refractivity contribution in [2.75, 3.05) is 7.05 Å². The predicted molar refractivity (Wildman–Crippen MR) is 74.0 cm³/mol. The minimum atomic E-state index is -0.104. The molecule has 1 heterocycles. The topological polar surface area (TPSA) is 20.3 Å². The van der Waals surface area contributed by atoms with Crippen molar-refractivity contribution in [3.63, 3.8) is 0 Å². The number of hydrogen-bond donors (Lipinski definition) is 0. The zero-order chi connectivity index (χ0) is 13.0. The van der Waals surface area contributed by atoms with Gasteiger partial charge >= 0.3 is 0 Å². The smallest absolute Gasteiger partial charge is 0.254 e. The van der Waals surface area contributed by atoms with Crippen LogP contribution in [0.5, 0.6) is 0 Å². The average molecular weight is 249 g/mol. The molecule has 94 valence electrons. The quantitative estimate of drug-likeness (QED) is 0.760. The number of nitrogens with zero attached hydrogens (tertiary/aromatic N) is 1. The Hall–Kier alpha value is -2.09. The van der Waals surface area contributed by atoms with Crippen LogP contribution >= 0.6 is 0 Å². The van der Waals surface area contributed by atoms with Crippen molar-refractivity contribution < 1.29 is 4.79 Å². The first-order valence-corrected chi connectivity index (χ1v) is 6.68. The number of rotatable bonds is 1. The summed E-state index contributed by atoms with van der Waals surface area (Å²) in [5.74, 6) is 0.599. The fraction of sp³-hybridized carbons (Fsp3) is 0.235. The molecular formula is C17H15NO. The molecular weight excluding hydrogens is 234 g/mol. The van der Waals surface area contributed by atoms with Gasteiger partial charge in [0.05, 0.1) is 5.54 Å². The summed E-state index contributed by atoms with van der Waals surface area (Å²) in [6.45, 7) is 0. The second kappa shape index (κ2) is 3.47. The second-order valence-electron chi connectivity index (χ2n) is 5.50. The monoisotopic (exact) mass is 249 g/mol. The fourth-order valence-electron chi connectivity index (χ4n) is 3.59. The lowest BCUT2D eigenvalue weighted by Crippen LogP contribution is -2.41. The number of carbonyl (C=O) groups excluding carboxylic acids is 1. The van der Waals surface area contributed by atoms with Gasteiger partial charge in [0.25, 0.3) is 5.91 Å². The van der Waals surface area contributed by atoms with Crippen LogP contribution < -0.4 is 0 Å². The van der Waals surface area contributed by atoms with Crippen molar-refractivity contribution in [2.45, 2.75) is 17.9 Å². The molecule has 1 aliphatic carbocycles. The van der Waals surface area contributed by atoms with Crippen LogP contribution in [0.2, 0.25) is 0 Å². The van der Waals surface area contributed by atoms with E-state index in [-0.39, 0.29) is 11.4 Å². The lowest BCUT2D eigenvalue weighted by atomic mass is 9.90. The van der Waals surface area contributed by atoms with E-state index in [2.05, 4.69) is 30.3 Å². The van der Waals surface area contributed by atoms with Crippen molar-refractivity contribution in [1.29, 1.82) is 0 Å². The van der Waals surface area contributed by atoms with E-state index in [1.165, 1.54) is 11.1 Å². The van der Waals surface area contributed by atoms with Crippen LogP contribution in [0.3, 0.4) is 0 Å². The van der Waals surface area contributed by atoms with Gasteiger partial charge in [0, 0.05) is 18.5 Å². The molecule has 2 nitrogen and oxygen atoms in total. The number of amides is 1. The van der Waals surface area contributed by atoms with E-state index in [1.54, 1.807) is 0 Å². The Morgan fingerprint density at radius 1 is 1.05 bits per heavy atom. The molecule has 2 atom stereocenters. The molecule has 2 aromatic rings. The zero-order valence-corrected chi connectivity index (χ0v) is 10.8. The number of carbonyl (C=O) groups is 1. The largest absolute Gasteiger partial charge is 0.331 e. The molecule has 0 bridgehead atoms. The molecule has 0 spiro atoms. The molecule has 1 saturated carbocycles. The fourth-order valence-corrected chi connectivity index (χ4v) is 3.59. The normalized spacial score (nSPS) is 27.7. The van der Waals surface area contributed by atoms with Gasteiger partial charge in [0.2, 0.25) is 0 Å². The van der Waals surface area contributed by atoms with Crippen LogP contribution in [-0.4, -0.2) is 17.9 Å². The molecule has 0 saturated heterocycles. The van der Waals surface area contributed by atoms with Crippen LogP contribution in [0.1, 0.15) is 33.8 Å². The standard InChI is InChI=1S/C17H15NO/c1-18-16(19)14-10-6-5-9-13(14)15-11-17(15,18)12-7-3-2-4-8-12/h2-10,15H,11H2,1H3/t15-,17+/m1/s1. The summed E-state index contributed by atoms with van der Waals surface area (Å²) in [6.07, 6.45) is 1.04. The number of benzene rings is 2. The Labute approximate surface area is 112 Å². The highest BCUT2D eigenvalue weighted by atomic mass is 16.2.